The fraction of sp³-hybridized carbons (Fsp3) is 0.231. The van der Waals surface area contributed by atoms with Gasteiger partial charge in [-0.1, -0.05) is 60.3 Å². The molecule has 2 aromatic heterocycles. The van der Waals surface area contributed by atoms with E-state index in [9.17, 15) is 9.59 Å². The standard InChI is InChI=1S/C26H24N4O3S/c1-15-16(2)33-25-20(15)22(28-23(31)18-11-7-4-8-12-18)29-26(30-25)34-21(17-9-5-3-6-10-17)24(32)27-19-13-14-19/h3-12,19,21H,13-14H2,1-2H3,(H,27,32)(H,28,29,30,31). The number of hydrogen-bond acceptors (Lipinski definition) is 6. The van der Waals surface area contributed by atoms with Gasteiger partial charge >= 0.3 is 0 Å². The van der Waals surface area contributed by atoms with E-state index in [1.165, 1.54) is 11.8 Å². The first-order chi connectivity index (χ1) is 16.5. The number of aromatic nitrogens is 2. The Morgan fingerprint density at radius 3 is 2.35 bits per heavy atom. The summed E-state index contributed by atoms with van der Waals surface area (Å²) >= 11 is 1.24. The van der Waals surface area contributed by atoms with Crippen molar-refractivity contribution >= 4 is 40.5 Å². The molecule has 2 heterocycles. The highest BCUT2D eigenvalue weighted by Crippen LogP contribution is 2.38. The Morgan fingerprint density at radius 2 is 1.68 bits per heavy atom. The van der Waals surface area contributed by atoms with E-state index in [0.29, 0.717) is 33.4 Å². The molecule has 2 N–H and O–H groups in total. The molecule has 8 heteroatoms. The number of aryl methyl sites for hydroxylation is 2. The number of hydrogen-bond donors (Lipinski definition) is 2. The highest BCUT2D eigenvalue weighted by Gasteiger charge is 2.30. The summed E-state index contributed by atoms with van der Waals surface area (Å²) in [6.45, 7) is 3.76. The summed E-state index contributed by atoms with van der Waals surface area (Å²) in [6, 6.07) is 18.7. The van der Waals surface area contributed by atoms with Crippen LogP contribution < -0.4 is 10.6 Å². The molecule has 2 aromatic carbocycles. The van der Waals surface area contributed by atoms with Crippen molar-refractivity contribution in [3.63, 3.8) is 0 Å². The van der Waals surface area contributed by atoms with Crippen LogP contribution in [-0.4, -0.2) is 27.8 Å². The summed E-state index contributed by atoms with van der Waals surface area (Å²) in [5.41, 5.74) is 2.62. The quantitative estimate of drug-likeness (QED) is 0.283. The molecule has 0 bridgehead atoms. The van der Waals surface area contributed by atoms with Crippen LogP contribution in [0.25, 0.3) is 11.1 Å². The Labute approximate surface area is 201 Å². The maximum absolute atomic E-state index is 13.1. The number of nitrogens with one attached hydrogen (secondary N) is 2. The monoisotopic (exact) mass is 472 g/mol. The van der Waals surface area contributed by atoms with E-state index in [-0.39, 0.29) is 17.9 Å². The van der Waals surface area contributed by atoms with Crippen LogP contribution in [0.15, 0.2) is 70.2 Å². The molecule has 7 nitrogen and oxygen atoms in total. The summed E-state index contributed by atoms with van der Waals surface area (Å²) in [7, 11) is 0. The topological polar surface area (TPSA) is 97.1 Å². The number of thioether (sulfide) groups is 1. The van der Waals surface area contributed by atoms with Gasteiger partial charge in [0.1, 0.15) is 16.8 Å². The van der Waals surface area contributed by atoms with E-state index in [2.05, 4.69) is 20.6 Å². The highest BCUT2D eigenvalue weighted by atomic mass is 32.2. The molecule has 1 saturated carbocycles. The minimum absolute atomic E-state index is 0.0796. The molecule has 5 rings (SSSR count). The van der Waals surface area contributed by atoms with Gasteiger partial charge in [-0.05, 0) is 44.4 Å². The Balaban J connectivity index is 1.52. The van der Waals surface area contributed by atoms with E-state index in [0.717, 1.165) is 24.0 Å². The number of benzene rings is 2. The summed E-state index contributed by atoms with van der Waals surface area (Å²) in [5, 5.41) is 6.47. The molecule has 1 unspecified atom stereocenters. The van der Waals surface area contributed by atoms with Crippen molar-refractivity contribution in [2.24, 2.45) is 0 Å². The van der Waals surface area contributed by atoms with E-state index < -0.39 is 5.25 Å². The maximum Gasteiger partial charge on any atom is 0.256 e. The van der Waals surface area contributed by atoms with Crippen LogP contribution in [0.5, 0.6) is 0 Å². The van der Waals surface area contributed by atoms with Crippen molar-refractivity contribution in [3.8, 4) is 0 Å². The number of anilines is 1. The van der Waals surface area contributed by atoms with Gasteiger partial charge < -0.3 is 15.1 Å². The fourth-order valence-corrected chi connectivity index (χ4v) is 4.61. The number of amides is 2. The number of rotatable bonds is 7. The molecule has 1 fully saturated rings. The highest BCUT2D eigenvalue weighted by molar-refractivity contribution is 8.00. The lowest BCUT2D eigenvalue weighted by Crippen LogP contribution is -2.29. The molecule has 34 heavy (non-hydrogen) atoms. The molecular formula is C26H24N4O3S. The van der Waals surface area contributed by atoms with Crippen molar-refractivity contribution in [3.05, 3.63) is 83.1 Å². The van der Waals surface area contributed by atoms with Gasteiger partial charge in [0, 0.05) is 17.2 Å². The van der Waals surface area contributed by atoms with Crippen LogP contribution in [-0.2, 0) is 4.79 Å². The molecule has 172 valence electrons. The molecule has 2 amide bonds. The van der Waals surface area contributed by atoms with Gasteiger partial charge in [-0.2, -0.15) is 4.98 Å². The molecular weight excluding hydrogens is 448 g/mol. The Morgan fingerprint density at radius 1 is 1.00 bits per heavy atom. The minimum atomic E-state index is -0.533. The summed E-state index contributed by atoms with van der Waals surface area (Å²) in [5.74, 6) is 0.711. The SMILES string of the molecule is Cc1oc2nc(SC(C(=O)NC3CC3)c3ccccc3)nc(NC(=O)c3ccccc3)c2c1C. The fourth-order valence-electron chi connectivity index (χ4n) is 3.65. The predicted octanol–water partition coefficient (Wildman–Crippen LogP) is 5.20. The Bertz CT molecular complexity index is 1350. The largest absolute Gasteiger partial charge is 0.443 e. The second-order valence-corrected chi connectivity index (χ2v) is 9.40. The lowest BCUT2D eigenvalue weighted by molar-refractivity contribution is -0.120. The smallest absolute Gasteiger partial charge is 0.256 e. The normalized spacial score (nSPS) is 14.1. The Kier molecular flexibility index (Phi) is 6.06. The zero-order valence-corrected chi connectivity index (χ0v) is 19.7. The first kappa shape index (κ1) is 22.2. The molecule has 0 spiro atoms. The molecule has 1 aliphatic carbocycles. The number of nitrogens with zero attached hydrogens (tertiary/aromatic N) is 2. The van der Waals surface area contributed by atoms with Gasteiger partial charge in [0.2, 0.25) is 11.6 Å². The maximum atomic E-state index is 13.1. The second-order valence-electron chi connectivity index (χ2n) is 8.33. The van der Waals surface area contributed by atoms with Crippen molar-refractivity contribution < 1.29 is 14.0 Å². The molecule has 1 aliphatic rings. The van der Waals surface area contributed by atoms with Crippen LogP contribution in [0.2, 0.25) is 0 Å². The molecule has 0 aliphatic heterocycles. The molecule has 4 aromatic rings. The van der Waals surface area contributed by atoms with E-state index >= 15 is 0 Å². The first-order valence-corrected chi connectivity index (χ1v) is 12.0. The van der Waals surface area contributed by atoms with Crippen molar-refractivity contribution in [2.75, 3.05) is 5.32 Å². The zero-order chi connectivity index (χ0) is 23.7. The summed E-state index contributed by atoms with van der Waals surface area (Å²) in [6.07, 6.45) is 2.00. The van der Waals surface area contributed by atoms with Crippen LogP contribution in [0, 0.1) is 13.8 Å². The van der Waals surface area contributed by atoms with Crippen LogP contribution in [0.4, 0.5) is 5.82 Å². The van der Waals surface area contributed by atoms with Gasteiger partial charge in [0.25, 0.3) is 5.91 Å². The number of furan rings is 1. The second kappa shape index (κ2) is 9.30. The molecule has 0 radical (unpaired) electrons. The van der Waals surface area contributed by atoms with Crippen molar-refractivity contribution in [1.82, 2.24) is 15.3 Å². The zero-order valence-electron chi connectivity index (χ0n) is 18.9. The average Bonchev–Trinajstić information content (AvgIpc) is 3.62. The first-order valence-electron chi connectivity index (χ1n) is 11.2. The van der Waals surface area contributed by atoms with E-state index in [1.54, 1.807) is 12.1 Å². The van der Waals surface area contributed by atoms with E-state index in [4.69, 9.17) is 4.42 Å². The van der Waals surface area contributed by atoms with Crippen molar-refractivity contribution in [1.29, 1.82) is 0 Å². The number of fused-ring (bicyclic) bond motifs is 1. The third-order valence-electron chi connectivity index (χ3n) is 5.76. The number of carbonyl (C=O) groups excluding carboxylic acids is 2. The minimum Gasteiger partial charge on any atom is -0.443 e. The average molecular weight is 473 g/mol. The van der Waals surface area contributed by atoms with Crippen LogP contribution in [0.3, 0.4) is 0 Å². The lowest BCUT2D eigenvalue weighted by Gasteiger charge is -2.16. The van der Waals surface area contributed by atoms with Gasteiger partial charge in [-0.3, -0.25) is 9.59 Å². The van der Waals surface area contributed by atoms with Crippen molar-refractivity contribution in [2.45, 2.75) is 43.1 Å². The van der Waals surface area contributed by atoms with Gasteiger partial charge in [-0.25, -0.2) is 4.98 Å². The predicted molar refractivity (Wildman–Crippen MR) is 132 cm³/mol. The van der Waals surface area contributed by atoms with E-state index in [1.807, 2.05) is 62.4 Å². The van der Waals surface area contributed by atoms with Crippen LogP contribution >= 0.6 is 11.8 Å². The summed E-state index contributed by atoms with van der Waals surface area (Å²) in [4.78, 5) is 35.2. The van der Waals surface area contributed by atoms with Gasteiger partial charge in [-0.15, -0.1) is 0 Å². The van der Waals surface area contributed by atoms with Gasteiger partial charge in [0.05, 0.1) is 5.39 Å². The summed E-state index contributed by atoms with van der Waals surface area (Å²) < 4.78 is 5.87. The Hall–Kier alpha value is -3.65. The molecule has 0 saturated heterocycles. The number of carbonyl (C=O) groups is 2. The lowest BCUT2D eigenvalue weighted by atomic mass is 10.1. The van der Waals surface area contributed by atoms with Gasteiger partial charge in [0.15, 0.2) is 5.16 Å². The third-order valence-corrected chi connectivity index (χ3v) is 6.88. The molecule has 1 atom stereocenters. The van der Waals surface area contributed by atoms with Crippen LogP contribution in [0.1, 0.15) is 45.3 Å². The third kappa shape index (κ3) is 4.68.